The molecule has 1 aromatic heterocycles. The van der Waals surface area contributed by atoms with Crippen LogP contribution in [0.3, 0.4) is 0 Å². The molecule has 0 radical (unpaired) electrons. The van der Waals surface area contributed by atoms with Crippen LogP contribution in [0.5, 0.6) is 0 Å². The van der Waals surface area contributed by atoms with E-state index in [0.29, 0.717) is 25.9 Å². The van der Waals surface area contributed by atoms with Crippen LogP contribution < -0.4 is 0 Å². The first-order valence-corrected chi connectivity index (χ1v) is 9.18. The molecule has 3 rings (SSSR count). The molecular weight excluding hydrogens is 310 g/mol. The van der Waals surface area contributed by atoms with E-state index in [9.17, 15) is 14.7 Å². The van der Waals surface area contributed by atoms with Crippen molar-refractivity contribution in [3.8, 4) is 0 Å². The van der Waals surface area contributed by atoms with E-state index in [2.05, 4.69) is 12.0 Å². The molecule has 1 aliphatic carbocycles. The predicted molar refractivity (Wildman–Crippen MR) is 91.0 cm³/mol. The highest BCUT2D eigenvalue weighted by Crippen LogP contribution is 2.37. The largest absolute Gasteiger partial charge is 0.481 e. The number of amides is 1. The van der Waals surface area contributed by atoms with Gasteiger partial charge in [-0.05, 0) is 61.5 Å². The Morgan fingerprint density at radius 2 is 2.13 bits per heavy atom. The molecule has 0 saturated carbocycles. The summed E-state index contributed by atoms with van der Waals surface area (Å²) in [5, 5.41) is 11.8. The first-order valence-electron chi connectivity index (χ1n) is 8.30. The van der Waals surface area contributed by atoms with Gasteiger partial charge in [0.05, 0.1) is 10.3 Å². The number of thiophene rings is 1. The monoisotopic (exact) mass is 333 g/mol. The summed E-state index contributed by atoms with van der Waals surface area (Å²) in [6, 6.07) is 0. The minimum atomic E-state index is -0.868. The smallest absolute Gasteiger partial charge is 0.311 e. The lowest BCUT2D eigenvalue weighted by Crippen LogP contribution is -2.49. The highest BCUT2D eigenvalue weighted by molar-refractivity contribution is 7.12. The number of carboxylic acids is 1. The summed E-state index contributed by atoms with van der Waals surface area (Å²) in [6.45, 7) is 4.64. The van der Waals surface area contributed by atoms with E-state index in [0.717, 1.165) is 30.6 Å². The Balaban J connectivity index is 1.83. The molecule has 2 aliphatic rings. The minimum Gasteiger partial charge on any atom is -0.481 e. The molecule has 1 aromatic rings. The van der Waals surface area contributed by atoms with Crippen LogP contribution in [0, 0.1) is 5.41 Å². The Hall–Kier alpha value is -1.62. The number of allylic oxidation sites excluding steroid dienone is 1. The first-order chi connectivity index (χ1) is 11.1. The van der Waals surface area contributed by atoms with Gasteiger partial charge in [0.1, 0.15) is 0 Å². The van der Waals surface area contributed by atoms with Crippen LogP contribution in [0.1, 0.15) is 52.9 Å². The number of carboxylic acid groups (broad SMARTS) is 1. The molecule has 5 heteroatoms. The number of carbonyl (C=O) groups is 2. The number of carbonyl (C=O) groups excluding carboxylic acids is 1. The van der Waals surface area contributed by atoms with Gasteiger partial charge in [-0.25, -0.2) is 0 Å². The van der Waals surface area contributed by atoms with Gasteiger partial charge in [0.2, 0.25) is 0 Å². The van der Waals surface area contributed by atoms with Crippen molar-refractivity contribution in [3.05, 3.63) is 34.0 Å². The maximum Gasteiger partial charge on any atom is 0.311 e. The lowest BCUT2D eigenvalue weighted by Gasteiger charge is -2.39. The average molecular weight is 333 g/mol. The van der Waals surface area contributed by atoms with E-state index in [1.54, 1.807) is 11.0 Å². The van der Waals surface area contributed by atoms with Crippen LogP contribution in [-0.2, 0) is 17.6 Å². The number of nitrogens with zero attached hydrogens (tertiary/aromatic N) is 1. The van der Waals surface area contributed by atoms with Crippen molar-refractivity contribution in [2.24, 2.45) is 5.41 Å². The fraction of sp³-hybridized carbons (Fsp3) is 0.556. The molecule has 1 aliphatic heterocycles. The van der Waals surface area contributed by atoms with Crippen molar-refractivity contribution in [1.29, 1.82) is 0 Å². The molecule has 1 N–H and O–H groups in total. The van der Waals surface area contributed by atoms with Gasteiger partial charge in [-0.2, -0.15) is 0 Å². The molecule has 0 bridgehead atoms. The highest BCUT2D eigenvalue weighted by Gasteiger charge is 2.43. The number of piperidine rings is 1. The lowest BCUT2D eigenvalue weighted by molar-refractivity contribution is -0.151. The number of aryl methyl sites for hydroxylation is 1. The summed E-state index contributed by atoms with van der Waals surface area (Å²) in [7, 11) is 0. The number of likely N-dealkylation sites (tertiary alicyclic amines) is 1. The number of aliphatic carboxylic acids is 1. The molecule has 1 saturated heterocycles. The van der Waals surface area contributed by atoms with Gasteiger partial charge >= 0.3 is 5.97 Å². The third kappa shape index (κ3) is 2.94. The van der Waals surface area contributed by atoms with Gasteiger partial charge in [0, 0.05) is 13.1 Å². The normalized spacial score (nSPS) is 24.1. The zero-order valence-corrected chi connectivity index (χ0v) is 14.2. The quantitative estimate of drug-likeness (QED) is 0.858. The second kappa shape index (κ2) is 6.48. The summed E-state index contributed by atoms with van der Waals surface area (Å²) >= 11 is 1.53. The summed E-state index contributed by atoms with van der Waals surface area (Å²) in [4.78, 5) is 27.3. The van der Waals surface area contributed by atoms with Crippen molar-refractivity contribution >= 4 is 23.2 Å². The number of rotatable bonds is 4. The summed E-state index contributed by atoms with van der Waals surface area (Å²) in [6.07, 6.45) is 7.80. The topological polar surface area (TPSA) is 57.6 Å². The van der Waals surface area contributed by atoms with E-state index in [1.807, 2.05) is 0 Å². The zero-order valence-electron chi connectivity index (χ0n) is 13.3. The maximum atomic E-state index is 13.0. The molecule has 124 valence electrons. The SMILES string of the molecule is C=CC[C@@]1(C(=O)O)CCCN(C(=O)c2scc3c2CCCC3)C1. The molecule has 0 aromatic carbocycles. The molecule has 1 atom stereocenters. The average Bonchev–Trinajstić information content (AvgIpc) is 2.98. The van der Waals surface area contributed by atoms with Gasteiger partial charge in [-0.1, -0.05) is 6.08 Å². The summed E-state index contributed by atoms with van der Waals surface area (Å²) in [5.41, 5.74) is 1.66. The van der Waals surface area contributed by atoms with Crippen LogP contribution in [0.4, 0.5) is 0 Å². The molecule has 0 unspecified atom stereocenters. The molecule has 1 fully saturated rings. The standard InChI is InChI=1S/C18H23NO3S/c1-2-8-18(17(21)22)9-5-10-19(12-18)16(20)15-14-7-4-3-6-13(14)11-23-15/h2,11H,1,3-10,12H2,(H,21,22)/t18-/m1/s1. The molecule has 4 nitrogen and oxygen atoms in total. The highest BCUT2D eigenvalue weighted by atomic mass is 32.1. The predicted octanol–water partition coefficient (Wildman–Crippen LogP) is 3.51. The van der Waals surface area contributed by atoms with Crippen molar-refractivity contribution in [2.75, 3.05) is 13.1 Å². The van der Waals surface area contributed by atoms with Crippen LogP contribution in [0.15, 0.2) is 18.0 Å². The fourth-order valence-corrected chi connectivity index (χ4v) is 4.98. The van der Waals surface area contributed by atoms with Gasteiger partial charge in [0.25, 0.3) is 5.91 Å². The first kappa shape index (κ1) is 16.2. The molecule has 2 heterocycles. The minimum absolute atomic E-state index is 0.0209. The van der Waals surface area contributed by atoms with Crippen molar-refractivity contribution in [3.63, 3.8) is 0 Å². The van der Waals surface area contributed by atoms with E-state index in [-0.39, 0.29) is 5.91 Å². The number of hydrogen-bond acceptors (Lipinski definition) is 3. The Morgan fingerprint density at radius 3 is 2.87 bits per heavy atom. The van der Waals surface area contributed by atoms with Crippen molar-refractivity contribution in [1.82, 2.24) is 4.90 Å². The maximum absolute atomic E-state index is 13.0. The van der Waals surface area contributed by atoms with Crippen LogP contribution in [0.2, 0.25) is 0 Å². The number of fused-ring (bicyclic) bond motifs is 1. The van der Waals surface area contributed by atoms with Crippen LogP contribution >= 0.6 is 11.3 Å². The Morgan fingerprint density at radius 1 is 1.35 bits per heavy atom. The lowest BCUT2D eigenvalue weighted by atomic mass is 9.77. The summed E-state index contributed by atoms with van der Waals surface area (Å²) < 4.78 is 0. The Kier molecular flexibility index (Phi) is 4.57. The van der Waals surface area contributed by atoms with Crippen molar-refractivity contribution < 1.29 is 14.7 Å². The molecule has 0 spiro atoms. The van der Waals surface area contributed by atoms with Gasteiger partial charge in [-0.3, -0.25) is 9.59 Å². The molecule has 1 amide bonds. The molecular formula is C18H23NO3S. The zero-order chi connectivity index (χ0) is 16.4. The van der Waals surface area contributed by atoms with E-state index < -0.39 is 11.4 Å². The van der Waals surface area contributed by atoms with E-state index in [1.165, 1.54) is 28.9 Å². The van der Waals surface area contributed by atoms with Crippen LogP contribution in [0.25, 0.3) is 0 Å². The summed E-state index contributed by atoms with van der Waals surface area (Å²) in [5.74, 6) is -0.796. The van der Waals surface area contributed by atoms with Gasteiger partial charge in [0.15, 0.2) is 0 Å². The van der Waals surface area contributed by atoms with E-state index in [4.69, 9.17) is 0 Å². The molecule has 23 heavy (non-hydrogen) atoms. The Bertz CT molecular complexity index is 636. The van der Waals surface area contributed by atoms with Gasteiger partial charge in [-0.15, -0.1) is 17.9 Å². The third-order valence-electron chi connectivity index (χ3n) is 5.15. The second-order valence-corrected chi connectivity index (χ2v) is 7.56. The number of hydrogen-bond donors (Lipinski definition) is 1. The third-order valence-corrected chi connectivity index (χ3v) is 6.21. The Labute approximate surface area is 140 Å². The van der Waals surface area contributed by atoms with E-state index >= 15 is 0 Å². The fourth-order valence-electron chi connectivity index (χ4n) is 3.85. The van der Waals surface area contributed by atoms with Gasteiger partial charge < -0.3 is 10.0 Å². The van der Waals surface area contributed by atoms with Crippen molar-refractivity contribution in [2.45, 2.75) is 44.9 Å². The second-order valence-electron chi connectivity index (χ2n) is 6.68. The van der Waals surface area contributed by atoms with Crippen LogP contribution in [-0.4, -0.2) is 35.0 Å².